The summed E-state index contributed by atoms with van der Waals surface area (Å²) in [6.45, 7) is -0.950. The van der Waals surface area contributed by atoms with Gasteiger partial charge in [-0.1, -0.05) is 6.42 Å². The SMILES string of the molecule is O=C(COC(=O)C1C[C@H]2CCC[C@H](C1)C2=O)NCC(=O)Nc1ccc(F)c(F)c1. The van der Waals surface area contributed by atoms with E-state index in [4.69, 9.17) is 4.74 Å². The number of benzene rings is 1. The lowest BCUT2D eigenvalue weighted by Gasteiger charge is -2.36. The lowest BCUT2D eigenvalue weighted by Crippen LogP contribution is -2.40. The number of amides is 2. The van der Waals surface area contributed by atoms with Gasteiger partial charge in [-0.05, 0) is 37.8 Å². The number of ether oxygens (including phenoxy) is 1. The second-order valence-electron chi connectivity index (χ2n) is 7.46. The van der Waals surface area contributed by atoms with Crippen molar-refractivity contribution in [3.63, 3.8) is 0 Å². The Balaban J connectivity index is 1.38. The number of hydrogen-bond donors (Lipinski definition) is 2. The molecule has 3 rings (SSSR count). The second kappa shape index (κ2) is 9.11. The van der Waals surface area contributed by atoms with Gasteiger partial charge in [0.15, 0.2) is 18.2 Å². The zero-order valence-corrected chi connectivity index (χ0v) is 15.7. The number of ketones is 1. The lowest BCUT2D eigenvalue weighted by molar-refractivity contribution is -0.156. The molecule has 7 nitrogen and oxygen atoms in total. The van der Waals surface area contributed by atoms with Gasteiger partial charge < -0.3 is 15.4 Å². The standard InChI is InChI=1S/C20H22F2N2O5/c21-15-5-4-14(8-16(15)22)24-17(25)9-23-18(26)10-29-20(28)13-6-11-2-1-3-12(7-13)19(11)27/h4-5,8,11-13H,1-3,6-7,9-10H2,(H,23,26)(H,24,25)/t11-,12-/m1/s1. The van der Waals surface area contributed by atoms with Crippen LogP contribution in [0.3, 0.4) is 0 Å². The van der Waals surface area contributed by atoms with Gasteiger partial charge in [0.05, 0.1) is 12.5 Å². The number of anilines is 1. The normalized spacial score (nSPS) is 23.2. The summed E-state index contributed by atoms with van der Waals surface area (Å²) >= 11 is 0. The fourth-order valence-electron chi connectivity index (χ4n) is 3.94. The smallest absolute Gasteiger partial charge is 0.309 e. The van der Waals surface area contributed by atoms with Crippen LogP contribution < -0.4 is 10.6 Å². The molecule has 2 atom stereocenters. The van der Waals surface area contributed by atoms with Gasteiger partial charge in [-0.2, -0.15) is 0 Å². The van der Waals surface area contributed by atoms with E-state index in [0.29, 0.717) is 12.8 Å². The molecule has 2 fully saturated rings. The topological polar surface area (TPSA) is 102 Å². The van der Waals surface area contributed by atoms with E-state index in [1.807, 2.05) is 0 Å². The molecular weight excluding hydrogens is 386 g/mol. The molecule has 0 spiro atoms. The maximum absolute atomic E-state index is 13.1. The highest BCUT2D eigenvalue weighted by Crippen LogP contribution is 2.40. The van der Waals surface area contributed by atoms with E-state index in [0.717, 1.165) is 31.4 Å². The number of carbonyl (C=O) groups is 4. The third-order valence-corrected chi connectivity index (χ3v) is 5.38. The van der Waals surface area contributed by atoms with Crippen LogP contribution in [0, 0.1) is 29.4 Å². The lowest BCUT2D eigenvalue weighted by atomic mass is 9.67. The Morgan fingerprint density at radius 2 is 1.72 bits per heavy atom. The van der Waals surface area contributed by atoms with Crippen molar-refractivity contribution in [2.75, 3.05) is 18.5 Å². The van der Waals surface area contributed by atoms with Crippen LogP contribution in [0.25, 0.3) is 0 Å². The Kier molecular flexibility index (Phi) is 6.56. The molecule has 0 saturated heterocycles. The zero-order valence-electron chi connectivity index (χ0n) is 15.7. The fourth-order valence-corrected chi connectivity index (χ4v) is 3.94. The Labute approximate surface area is 166 Å². The van der Waals surface area contributed by atoms with Crippen LogP contribution in [0.1, 0.15) is 32.1 Å². The molecule has 0 aromatic heterocycles. The predicted octanol–water partition coefficient (Wildman–Crippen LogP) is 1.96. The predicted molar refractivity (Wildman–Crippen MR) is 97.5 cm³/mol. The average molecular weight is 408 g/mol. The third-order valence-electron chi connectivity index (χ3n) is 5.38. The molecule has 0 heterocycles. The number of nitrogens with one attached hydrogen (secondary N) is 2. The summed E-state index contributed by atoms with van der Waals surface area (Å²) in [5, 5.41) is 4.59. The van der Waals surface area contributed by atoms with Crippen LogP contribution in [0.2, 0.25) is 0 Å². The van der Waals surface area contributed by atoms with Crippen LogP contribution >= 0.6 is 0 Å². The molecule has 1 aromatic carbocycles. The van der Waals surface area contributed by atoms with E-state index in [-0.39, 0.29) is 29.2 Å². The van der Waals surface area contributed by atoms with Crippen molar-refractivity contribution in [2.45, 2.75) is 32.1 Å². The van der Waals surface area contributed by atoms with Gasteiger partial charge in [0.2, 0.25) is 5.91 Å². The molecule has 2 aliphatic carbocycles. The highest BCUT2D eigenvalue weighted by molar-refractivity contribution is 5.95. The number of hydrogen-bond acceptors (Lipinski definition) is 5. The maximum atomic E-state index is 13.1. The van der Waals surface area contributed by atoms with Crippen molar-refractivity contribution in [3.05, 3.63) is 29.8 Å². The number of Topliss-reactive ketones (excluding diaryl/α,β-unsaturated/α-hetero) is 1. The zero-order chi connectivity index (χ0) is 21.0. The van der Waals surface area contributed by atoms with Crippen molar-refractivity contribution in [1.82, 2.24) is 5.32 Å². The van der Waals surface area contributed by atoms with E-state index in [1.54, 1.807) is 0 Å². The van der Waals surface area contributed by atoms with E-state index in [2.05, 4.69) is 10.6 Å². The van der Waals surface area contributed by atoms with Gasteiger partial charge in [0, 0.05) is 23.6 Å². The van der Waals surface area contributed by atoms with Gasteiger partial charge in [-0.15, -0.1) is 0 Å². The van der Waals surface area contributed by atoms with E-state index in [9.17, 15) is 28.0 Å². The first-order chi connectivity index (χ1) is 13.8. The summed E-state index contributed by atoms with van der Waals surface area (Å²) < 4.78 is 31.0. The average Bonchev–Trinajstić information content (AvgIpc) is 2.67. The van der Waals surface area contributed by atoms with Crippen molar-refractivity contribution in [2.24, 2.45) is 17.8 Å². The summed E-state index contributed by atoms with van der Waals surface area (Å²) in [4.78, 5) is 47.8. The van der Waals surface area contributed by atoms with Crippen molar-refractivity contribution in [3.8, 4) is 0 Å². The van der Waals surface area contributed by atoms with Crippen LogP contribution in [0.5, 0.6) is 0 Å². The number of rotatable bonds is 6. The number of carbonyl (C=O) groups excluding carboxylic acids is 4. The molecule has 0 aliphatic heterocycles. The summed E-state index contributed by atoms with van der Waals surface area (Å²) in [5.74, 6) is -4.27. The highest BCUT2D eigenvalue weighted by Gasteiger charge is 2.41. The largest absolute Gasteiger partial charge is 0.455 e. The molecule has 156 valence electrons. The molecule has 9 heteroatoms. The molecule has 29 heavy (non-hydrogen) atoms. The minimum Gasteiger partial charge on any atom is -0.455 e. The van der Waals surface area contributed by atoms with Gasteiger partial charge in [0.1, 0.15) is 5.78 Å². The molecule has 0 radical (unpaired) electrons. The van der Waals surface area contributed by atoms with Crippen LogP contribution in [-0.2, 0) is 23.9 Å². The molecule has 0 unspecified atom stereocenters. The Morgan fingerprint density at radius 1 is 1.03 bits per heavy atom. The van der Waals surface area contributed by atoms with Crippen LogP contribution in [-0.4, -0.2) is 36.7 Å². The minimum absolute atomic E-state index is 0.0481. The molecule has 2 aliphatic rings. The molecule has 2 amide bonds. The first-order valence-electron chi connectivity index (χ1n) is 9.55. The first kappa shape index (κ1) is 20.9. The molecule has 1 aromatic rings. The third kappa shape index (κ3) is 5.36. The Morgan fingerprint density at radius 3 is 2.38 bits per heavy atom. The monoisotopic (exact) mass is 408 g/mol. The Bertz CT molecular complexity index is 813. The highest BCUT2D eigenvalue weighted by atomic mass is 19.2. The molecular formula is C20H22F2N2O5. The number of fused-ring (bicyclic) bond motifs is 2. The van der Waals surface area contributed by atoms with Gasteiger partial charge in [0.25, 0.3) is 5.91 Å². The summed E-state index contributed by atoms with van der Waals surface area (Å²) in [6, 6.07) is 2.88. The summed E-state index contributed by atoms with van der Waals surface area (Å²) in [5.41, 5.74) is 0.0481. The first-order valence-corrected chi connectivity index (χ1v) is 9.55. The van der Waals surface area contributed by atoms with E-state index in [1.165, 1.54) is 6.07 Å². The van der Waals surface area contributed by atoms with Gasteiger partial charge in [-0.3, -0.25) is 19.2 Å². The minimum atomic E-state index is -1.10. The molecule has 2 bridgehead atoms. The second-order valence-corrected chi connectivity index (χ2v) is 7.46. The summed E-state index contributed by atoms with van der Waals surface area (Å²) in [6.07, 6.45) is 3.52. The quantitative estimate of drug-likeness (QED) is 0.701. The van der Waals surface area contributed by atoms with E-state index >= 15 is 0 Å². The number of halogens is 2. The summed E-state index contributed by atoms with van der Waals surface area (Å²) in [7, 11) is 0. The fraction of sp³-hybridized carbons (Fsp3) is 0.500. The van der Waals surface area contributed by atoms with Crippen molar-refractivity contribution >= 4 is 29.3 Å². The van der Waals surface area contributed by atoms with Crippen molar-refractivity contribution in [1.29, 1.82) is 0 Å². The molecule has 2 saturated carbocycles. The van der Waals surface area contributed by atoms with Crippen molar-refractivity contribution < 1.29 is 32.7 Å². The number of esters is 1. The maximum Gasteiger partial charge on any atom is 0.309 e. The van der Waals surface area contributed by atoms with Gasteiger partial charge >= 0.3 is 5.97 Å². The van der Waals surface area contributed by atoms with Crippen LogP contribution in [0.15, 0.2) is 18.2 Å². The van der Waals surface area contributed by atoms with E-state index < -0.39 is 42.6 Å². The van der Waals surface area contributed by atoms with Gasteiger partial charge in [-0.25, -0.2) is 8.78 Å². The Hall–Kier alpha value is -2.84. The van der Waals surface area contributed by atoms with Crippen LogP contribution in [0.4, 0.5) is 14.5 Å². The molecule has 2 N–H and O–H groups in total.